The van der Waals surface area contributed by atoms with Crippen LogP contribution in [0, 0.1) is 17.2 Å². The molecule has 0 aliphatic carbocycles. The average molecular weight is 414 g/mol. The Kier molecular flexibility index (Phi) is 7.16. The maximum atomic E-state index is 12.5. The van der Waals surface area contributed by atoms with Crippen molar-refractivity contribution in [1.29, 1.82) is 5.26 Å². The first-order valence-corrected chi connectivity index (χ1v) is 10.4. The predicted octanol–water partition coefficient (Wildman–Crippen LogP) is 2.67. The number of aromatic nitrogens is 1. The van der Waals surface area contributed by atoms with Crippen molar-refractivity contribution in [3.05, 3.63) is 40.2 Å². The Morgan fingerprint density at radius 1 is 1.38 bits per heavy atom. The van der Waals surface area contributed by atoms with Gasteiger partial charge < -0.3 is 10.2 Å². The Balaban J connectivity index is 1.52. The van der Waals surface area contributed by atoms with E-state index in [1.54, 1.807) is 24.0 Å². The van der Waals surface area contributed by atoms with Gasteiger partial charge >= 0.3 is 6.03 Å². The highest BCUT2D eigenvalue weighted by atomic mass is 32.1. The Morgan fingerprint density at radius 2 is 2.17 bits per heavy atom. The number of urea groups is 1. The van der Waals surface area contributed by atoms with Gasteiger partial charge in [0.25, 0.3) is 0 Å². The average Bonchev–Trinajstić information content (AvgIpc) is 3.25. The van der Waals surface area contributed by atoms with Gasteiger partial charge in [-0.15, -0.1) is 11.3 Å². The van der Waals surface area contributed by atoms with Gasteiger partial charge in [0, 0.05) is 24.0 Å². The van der Waals surface area contributed by atoms with Gasteiger partial charge in [-0.3, -0.25) is 9.63 Å². The summed E-state index contributed by atoms with van der Waals surface area (Å²) >= 11 is 1.48. The van der Waals surface area contributed by atoms with E-state index in [2.05, 4.69) is 21.9 Å². The van der Waals surface area contributed by atoms with Gasteiger partial charge in [-0.2, -0.15) is 5.26 Å². The van der Waals surface area contributed by atoms with Crippen molar-refractivity contribution in [3.63, 3.8) is 0 Å². The van der Waals surface area contributed by atoms with Crippen molar-refractivity contribution < 1.29 is 14.4 Å². The molecule has 1 atom stereocenters. The standard InChI is InChI=1S/C20H23N5O3S/c1-2-28-24-20(27)25-9-3-4-16(12-25)19(26)22-11-18-23-17(13-29-18)15-7-5-14(10-21)6-8-15/h5-8,13,16H,2-4,9,11-12H2,1H3,(H,22,26)(H,24,27)/t16-/m0/s1. The summed E-state index contributed by atoms with van der Waals surface area (Å²) in [5.41, 5.74) is 4.73. The largest absolute Gasteiger partial charge is 0.349 e. The van der Waals surface area contributed by atoms with E-state index >= 15 is 0 Å². The number of carbonyl (C=O) groups excluding carboxylic acids is 2. The summed E-state index contributed by atoms with van der Waals surface area (Å²) in [6, 6.07) is 9.02. The van der Waals surface area contributed by atoms with E-state index in [0.29, 0.717) is 31.8 Å². The smallest absolute Gasteiger partial charge is 0.341 e. The molecule has 1 aliphatic rings. The van der Waals surface area contributed by atoms with Gasteiger partial charge in [-0.25, -0.2) is 15.3 Å². The van der Waals surface area contributed by atoms with Crippen LogP contribution in [-0.4, -0.2) is 41.5 Å². The summed E-state index contributed by atoms with van der Waals surface area (Å²) in [5.74, 6) is -0.317. The lowest BCUT2D eigenvalue weighted by Gasteiger charge is -2.31. The van der Waals surface area contributed by atoms with E-state index in [4.69, 9.17) is 10.1 Å². The second-order valence-corrected chi connectivity index (χ2v) is 7.60. The summed E-state index contributed by atoms with van der Waals surface area (Å²) in [5, 5.41) is 14.6. The minimum Gasteiger partial charge on any atom is -0.349 e. The van der Waals surface area contributed by atoms with Gasteiger partial charge in [0.05, 0.1) is 36.4 Å². The summed E-state index contributed by atoms with van der Waals surface area (Å²) in [6.45, 7) is 3.52. The van der Waals surface area contributed by atoms with Crippen LogP contribution >= 0.6 is 11.3 Å². The van der Waals surface area contributed by atoms with E-state index in [0.717, 1.165) is 29.1 Å². The first-order valence-electron chi connectivity index (χ1n) is 9.50. The first-order chi connectivity index (χ1) is 14.1. The normalized spacial score (nSPS) is 16.1. The third-order valence-corrected chi connectivity index (χ3v) is 5.51. The molecule has 0 bridgehead atoms. The third kappa shape index (κ3) is 5.53. The Labute approximate surface area is 173 Å². The quantitative estimate of drug-likeness (QED) is 0.708. The Bertz CT molecular complexity index is 890. The topological polar surface area (TPSA) is 107 Å². The molecule has 1 aromatic heterocycles. The zero-order valence-electron chi connectivity index (χ0n) is 16.2. The van der Waals surface area contributed by atoms with Gasteiger partial charge in [0.15, 0.2) is 0 Å². The molecular formula is C20H23N5O3S. The highest BCUT2D eigenvalue weighted by Gasteiger charge is 2.28. The molecule has 0 unspecified atom stereocenters. The van der Waals surface area contributed by atoms with Crippen LogP contribution in [-0.2, 0) is 16.2 Å². The number of nitrogens with zero attached hydrogens (tertiary/aromatic N) is 3. The molecule has 0 spiro atoms. The molecule has 3 amide bonds. The van der Waals surface area contributed by atoms with Gasteiger partial charge in [0.2, 0.25) is 5.91 Å². The number of nitriles is 1. The molecule has 2 N–H and O–H groups in total. The van der Waals surface area contributed by atoms with Crippen LogP contribution < -0.4 is 10.8 Å². The third-order valence-electron chi connectivity index (χ3n) is 4.66. The molecule has 0 saturated carbocycles. The molecule has 2 heterocycles. The molecule has 29 heavy (non-hydrogen) atoms. The van der Waals surface area contributed by atoms with Crippen molar-refractivity contribution in [2.24, 2.45) is 5.92 Å². The van der Waals surface area contributed by atoms with Crippen LogP contribution in [0.15, 0.2) is 29.6 Å². The van der Waals surface area contributed by atoms with E-state index in [1.165, 1.54) is 11.3 Å². The Morgan fingerprint density at radius 3 is 2.90 bits per heavy atom. The van der Waals surface area contributed by atoms with E-state index in [-0.39, 0.29) is 17.9 Å². The number of carbonyl (C=O) groups is 2. The molecule has 152 valence electrons. The van der Waals surface area contributed by atoms with Crippen LogP contribution in [0.1, 0.15) is 30.3 Å². The molecule has 2 aromatic rings. The number of likely N-dealkylation sites (tertiary alicyclic amines) is 1. The fourth-order valence-corrected chi connectivity index (χ4v) is 3.86. The fraction of sp³-hybridized carbons (Fsp3) is 0.400. The maximum absolute atomic E-state index is 12.5. The van der Waals surface area contributed by atoms with Crippen LogP contribution in [0.25, 0.3) is 11.3 Å². The maximum Gasteiger partial charge on any atom is 0.341 e. The lowest BCUT2D eigenvalue weighted by atomic mass is 9.97. The van der Waals surface area contributed by atoms with E-state index in [9.17, 15) is 9.59 Å². The molecule has 1 aromatic carbocycles. The summed E-state index contributed by atoms with van der Waals surface area (Å²) < 4.78 is 0. The van der Waals surface area contributed by atoms with Crippen LogP contribution in [0.5, 0.6) is 0 Å². The molecule has 3 rings (SSSR count). The SMILES string of the molecule is CCONC(=O)N1CCC[C@H](C(=O)NCc2nc(-c3ccc(C#N)cc3)cs2)C1. The number of benzene rings is 1. The molecule has 0 radical (unpaired) electrons. The number of hydrogen-bond donors (Lipinski definition) is 2. The van der Waals surface area contributed by atoms with Crippen LogP contribution in [0.2, 0.25) is 0 Å². The number of hydroxylamine groups is 1. The highest BCUT2D eigenvalue weighted by molar-refractivity contribution is 7.09. The predicted molar refractivity (Wildman–Crippen MR) is 109 cm³/mol. The monoisotopic (exact) mass is 413 g/mol. The van der Waals surface area contributed by atoms with Crippen molar-refractivity contribution in [3.8, 4) is 17.3 Å². The summed E-state index contributed by atoms with van der Waals surface area (Å²) in [4.78, 5) is 35.7. The number of rotatable bonds is 6. The highest BCUT2D eigenvalue weighted by Crippen LogP contribution is 2.22. The minimum absolute atomic E-state index is 0.0750. The van der Waals surface area contributed by atoms with Gasteiger partial charge in [-0.1, -0.05) is 12.1 Å². The van der Waals surface area contributed by atoms with Crippen molar-refractivity contribution in [1.82, 2.24) is 20.7 Å². The fourth-order valence-electron chi connectivity index (χ4n) is 3.12. The number of hydrogen-bond acceptors (Lipinski definition) is 6. The van der Waals surface area contributed by atoms with Crippen molar-refractivity contribution >= 4 is 23.3 Å². The lowest BCUT2D eigenvalue weighted by Crippen LogP contribution is -2.48. The van der Waals surface area contributed by atoms with Crippen LogP contribution in [0.3, 0.4) is 0 Å². The Hall–Kier alpha value is -2.96. The molecule has 8 nitrogen and oxygen atoms in total. The minimum atomic E-state index is -0.309. The molecule has 9 heteroatoms. The molecule has 1 aliphatic heterocycles. The molecule has 1 saturated heterocycles. The second kappa shape index (κ2) is 10.0. The summed E-state index contributed by atoms with van der Waals surface area (Å²) in [7, 11) is 0. The van der Waals surface area contributed by atoms with Crippen molar-refractivity contribution in [2.45, 2.75) is 26.3 Å². The van der Waals surface area contributed by atoms with E-state index in [1.807, 2.05) is 17.5 Å². The molecule has 1 fully saturated rings. The van der Waals surface area contributed by atoms with Gasteiger partial charge in [0.1, 0.15) is 5.01 Å². The van der Waals surface area contributed by atoms with Crippen LogP contribution in [0.4, 0.5) is 4.79 Å². The van der Waals surface area contributed by atoms with E-state index < -0.39 is 0 Å². The number of piperidine rings is 1. The zero-order chi connectivity index (χ0) is 20.6. The number of thiazole rings is 1. The zero-order valence-corrected chi connectivity index (χ0v) is 17.0. The van der Waals surface area contributed by atoms with Crippen molar-refractivity contribution in [2.75, 3.05) is 19.7 Å². The number of nitrogens with one attached hydrogen (secondary N) is 2. The number of amides is 3. The molecular weight excluding hydrogens is 390 g/mol. The summed E-state index contributed by atoms with van der Waals surface area (Å²) in [6.07, 6.45) is 1.52. The first kappa shape index (κ1) is 20.8. The second-order valence-electron chi connectivity index (χ2n) is 6.66. The van der Waals surface area contributed by atoms with Gasteiger partial charge in [-0.05, 0) is 31.9 Å². The lowest BCUT2D eigenvalue weighted by molar-refractivity contribution is -0.126.